The maximum atomic E-state index is 12.5. The van der Waals surface area contributed by atoms with Gasteiger partial charge in [-0.05, 0) is 25.7 Å². The molecular weight excluding hydrogens is 238 g/mol. The number of imidazole rings is 1. The first-order valence-corrected chi connectivity index (χ1v) is 6.53. The standard InChI is InChI=1S/C12H16ClN3O/c1-15-7-14-6-11(15)12(17)16-9-2-3-10(16)5-8(13)4-9/h6-10H,2-5H2,1H3. The van der Waals surface area contributed by atoms with Crippen molar-refractivity contribution in [2.45, 2.75) is 43.1 Å². The van der Waals surface area contributed by atoms with E-state index in [-0.39, 0.29) is 11.3 Å². The van der Waals surface area contributed by atoms with E-state index in [4.69, 9.17) is 11.6 Å². The second-order valence-electron chi connectivity index (χ2n) is 5.06. The summed E-state index contributed by atoms with van der Waals surface area (Å²) in [7, 11) is 1.86. The Kier molecular flexibility index (Phi) is 2.62. The Morgan fingerprint density at radius 2 is 2.06 bits per heavy atom. The Balaban J connectivity index is 1.86. The fourth-order valence-electron chi connectivity index (χ4n) is 3.14. The van der Waals surface area contributed by atoms with Crippen molar-refractivity contribution in [3.63, 3.8) is 0 Å². The second-order valence-corrected chi connectivity index (χ2v) is 5.67. The molecule has 5 heteroatoms. The lowest BCUT2D eigenvalue weighted by Gasteiger charge is -2.36. The molecule has 1 amide bonds. The van der Waals surface area contributed by atoms with Gasteiger partial charge >= 0.3 is 0 Å². The number of piperidine rings is 1. The number of carbonyl (C=O) groups excluding carboxylic acids is 1. The minimum absolute atomic E-state index is 0.112. The largest absolute Gasteiger partial charge is 0.331 e. The third-order valence-corrected chi connectivity index (χ3v) is 4.30. The van der Waals surface area contributed by atoms with Crippen molar-refractivity contribution >= 4 is 17.5 Å². The summed E-state index contributed by atoms with van der Waals surface area (Å²) in [5, 5.41) is 0.239. The van der Waals surface area contributed by atoms with Crippen LogP contribution < -0.4 is 0 Å². The number of hydrogen-bond donors (Lipinski definition) is 0. The molecule has 1 aromatic heterocycles. The van der Waals surface area contributed by atoms with Crippen molar-refractivity contribution in [3.8, 4) is 0 Å². The lowest BCUT2D eigenvalue weighted by Crippen LogP contribution is -2.47. The first-order valence-electron chi connectivity index (χ1n) is 6.10. The number of nitrogens with zero attached hydrogens (tertiary/aromatic N) is 3. The molecule has 0 aliphatic carbocycles. The van der Waals surface area contributed by atoms with Gasteiger partial charge in [0.25, 0.3) is 5.91 Å². The minimum Gasteiger partial charge on any atom is -0.331 e. The number of fused-ring (bicyclic) bond motifs is 2. The summed E-state index contributed by atoms with van der Waals surface area (Å²) in [6.45, 7) is 0. The van der Waals surface area contributed by atoms with Crippen LogP contribution in [0.5, 0.6) is 0 Å². The zero-order valence-electron chi connectivity index (χ0n) is 9.84. The van der Waals surface area contributed by atoms with Crippen LogP contribution in [-0.4, -0.2) is 37.8 Å². The lowest BCUT2D eigenvalue weighted by molar-refractivity contribution is 0.0589. The lowest BCUT2D eigenvalue weighted by atomic mass is 10.0. The van der Waals surface area contributed by atoms with E-state index in [1.807, 2.05) is 11.9 Å². The van der Waals surface area contributed by atoms with Crippen LogP contribution in [0.4, 0.5) is 0 Å². The molecule has 0 saturated carbocycles. The minimum atomic E-state index is 0.112. The molecule has 2 aliphatic heterocycles. The molecule has 3 heterocycles. The van der Waals surface area contributed by atoms with Crippen molar-refractivity contribution in [1.29, 1.82) is 0 Å². The number of alkyl halides is 1. The molecule has 92 valence electrons. The third-order valence-electron chi connectivity index (χ3n) is 3.95. The van der Waals surface area contributed by atoms with E-state index in [0.29, 0.717) is 17.8 Å². The van der Waals surface area contributed by atoms with Crippen molar-refractivity contribution in [1.82, 2.24) is 14.5 Å². The molecule has 2 saturated heterocycles. The molecule has 2 aliphatic rings. The molecule has 17 heavy (non-hydrogen) atoms. The van der Waals surface area contributed by atoms with Crippen LogP contribution in [0.25, 0.3) is 0 Å². The van der Waals surface area contributed by atoms with E-state index in [1.54, 1.807) is 17.1 Å². The fraction of sp³-hybridized carbons (Fsp3) is 0.667. The Labute approximate surface area is 106 Å². The molecule has 0 spiro atoms. The van der Waals surface area contributed by atoms with Gasteiger partial charge < -0.3 is 9.47 Å². The fourth-order valence-corrected chi connectivity index (χ4v) is 3.55. The zero-order chi connectivity index (χ0) is 12.0. The highest BCUT2D eigenvalue weighted by Crippen LogP contribution is 2.38. The van der Waals surface area contributed by atoms with Gasteiger partial charge in [0.15, 0.2) is 0 Å². The first-order chi connectivity index (χ1) is 8.16. The average Bonchev–Trinajstić information content (AvgIpc) is 2.81. The molecule has 0 N–H and O–H groups in total. The van der Waals surface area contributed by atoms with Crippen LogP contribution in [0.15, 0.2) is 12.5 Å². The summed E-state index contributed by atoms with van der Waals surface area (Å²) in [5.74, 6) is 0.112. The van der Waals surface area contributed by atoms with Crippen LogP contribution >= 0.6 is 11.6 Å². The molecule has 2 fully saturated rings. The van der Waals surface area contributed by atoms with Crippen LogP contribution in [0.2, 0.25) is 0 Å². The number of halogens is 1. The SMILES string of the molecule is Cn1cncc1C(=O)N1C2CCC1CC(Cl)C2. The molecule has 4 nitrogen and oxygen atoms in total. The summed E-state index contributed by atoms with van der Waals surface area (Å²) in [5.41, 5.74) is 0.676. The molecule has 0 aromatic carbocycles. The molecular formula is C12H16ClN3O. The number of hydrogen-bond acceptors (Lipinski definition) is 2. The number of amides is 1. The topological polar surface area (TPSA) is 38.1 Å². The van der Waals surface area contributed by atoms with E-state index in [0.717, 1.165) is 25.7 Å². The Bertz CT molecular complexity index is 431. The molecule has 2 atom stereocenters. The number of carbonyl (C=O) groups is 1. The smallest absolute Gasteiger partial charge is 0.272 e. The molecule has 2 bridgehead atoms. The molecule has 2 unspecified atom stereocenters. The van der Waals surface area contributed by atoms with Gasteiger partial charge in [0.2, 0.25) is 0 Å². The predicted octanol–water partition coefficient (Wildman–Crippen LogP) is 1.79. The summed E-state index contributed by atoms with van der Waals surface area (Å²) in [4.78, 5) is 18.5. The average molecular weight is 254 g/mol. The second kappa shape index (κ2) is 4.02. The van der Waals surface area contributed by atoms with E-state index in [9.17, 15) is 4.79 Å². The van der Waals surface area contributed by atoms with E-state index < -0.39 is 0 Å². The van der Waals surface area contributed by atoms with E-state index >= 15 is 0 Å². The number of aryl methyl sites for hydroxylation is 1. The van der Waals surface area contributed by atoms with Crippen molar-refractivity contribution in [2.75, 3.05) is 0 Å². The van der Waals surface area contributed by atoms with Gasteiger partial charge in [-0.15, -0.1) is 11.6 Å². The maximum Gasteiger partial charge on any atom is 0.272 e. The van der Waals surface area contributed by atoms with Gasteiger partial charge in [-0.25, -0.2) is 4.98 Å². The highest BCUT2D eigenvalue weighted by molar-refractivity contribution is 6.20. The van der Waals surface area contributed by atoms with Crippen LogP contribution in [0.1, 0.15) is 36.2 Å². The van der Waals surface area contributed by atoms with E-state index in [1.165, 1.54) is 0 Å². The highest BCUT2D eigenvalue weighted by Gasteiger charge is 2.43. The summed E-state index contributed by atoms with van der Waals surface area (Å²) < 4.78 is 1.79. The Morgan fingerprint density at radius 3 is 2.59 bits per heavy atom. The van der Waals surface area contributed by atoms with Gasteiger partial charge in [-0.1, -0.05) is 0 Å². The van der Waals surface area contributed by atoms with E-state index in [2.05, 4.69) is 4.98 Å². The summed E-state index contributed by atoms with van der Waals surface area (Å²) in [6.07, 6.45) is 7.37. The third kappa shape index (κ3) is 1.75. The Morgan fingerprint density at radius 1 is 1.41 bits per heavy atom. The van der Waals surface area contributed by atoms with Crippen molar-refractivity contribution in [2.24, 2.45) is 7.05 Å². The van der Waals surface area contributed by atoms with Crippen LogP contribution in [0, 0.1) is 0 Å². The summed E-state index contributed by atoms with van der Waals surface area (Å²) in [6, 6.07) is 0.664. The van der Waals surface area contributed by atoms with Gasteiger partial charge in [0.1, 0.15) is 5.69 Å². The number of aromatic nitrogens is 2. The van der Waals surface area contributed by atoms with Gasteiger partial charge in [0, 0.05) is 24.5 Å². The van der Waals surface area contributed by atoms with Gasteiger partial charge in [-0.3, -0.25) is 4.79 Å². The molecule has 3 rings (SSSR count). The maximum absolute atomic E-state index is 12.5. The molecule has 1 aromatic rings. The highest BCUT2D eigenvalue weighted by atomic mass is 35.5. The van der Waals surface area contributed by atoms with Crippen LogP contribution in [-0.2, 0) is 7.05 Å². The van der Waals surface area contributed by atoms with Crippen molar-refractivity contribution in [3.05, 3.63) is 18.2 Å². The summed E-state index contributed by atoms with van der Waals surface area (Å²) >= 11 is 6.22. The number of rotatable bonds is 1. The monoisotopic (exact) mass is 253 g/mol. The van der Waals surface area contributed by atoms with Gasteiger partial charge in [0.05, 0.1) is 12.5 Å². The van der Waals surface area contributed by atoms with Gasteiger partial charge in [-0.2, -0.15) is 0 Å². The molecule has 0 radical (unpaired) electrons. The first kappa shape index (κ1) is 11.1. The zero-order valence-corrected chi connectivity index (χ0v) is 10.6. The quantitative estimate of drug-likeness (QED) is 0.716. The predicted molar refractivity (Wildman–Crippen MR) is 65.1 cm³/mol. The Hall–Kier alpha value is -1.03. The van der Waals surface area contributed by atoms with Crippen LogP contribution in [0.3, 0.4) is 0 Å². The normalized spacial score (nSPS) is 31.9. The van der Waals surface area contributed by atoms with Crippen molar-refractivity contribution < 1.29 is 4.79 Å².